The molecule has 0 aliphatic heterocycles. The molecule has 5 heteroatoms. The van der Waals surface area contributed by atoms with Gasteiger partial charge < -0.3 is 4.74 Å². The SMILES string of the molecule is COc1cc(C)cc(C)c1CNS(=O)(=O)CCc1ccccc1. The van der Waals surface area contributed by atoms with Crippen molar-refractivity contribution in [3.63, 3.8) is 0 Å². The molecule has 0 aromatic heterocycles. The highest BCUT2D eigenvalue weighted by Gasteiger charge is 2.14. The largest absolute Gasteiger partial charge is 0.496 e. The van der Waals surface area contributed by atoms with Gasteiger partial charge in [-0.3, -0.25) is 0 Å². The summed E-state index contributed by atoms with van der Waals surface area (Å²) < 4.78 is 32.4. The minimum absolute atomic E-state index is 0.0736. The number of rotatable bonds is 7. The summed E-state index contributed by atoms with van der Waals surface area (Å²) in [6.45, 7) is 4.19. The van der Waals surface area contributed by atoms with Gasteiger partial charge in [0.25, 0.3) is 0 Å². The van der Waals surface area contributed by atoms with Crippen LogP contribution in [0.25, 0.3) is 0 Å². The van der Waals surface area contributed by atoms with Gasteiger partial charge in [-0.2, -0.15) is 0 Å². The number of sulfonamides is 1. The Balaban J connectivity index is 2.02. The lowest BCUT2D eigenvalue weighted by atomic mass is 10.0. The minimum Gasteiger partial charge on any atom is -0.496 e. The highest BCUT2D eigenvalue weighted by molar-refractivity contribution is 7.89. The number of benzene rings is 2. The molecule has 23 heavy (non-hydrogen) atoms. The minimum atomic E-state index is -3.34. The third-order valence-electron chi connectivity index (χ3n) is 3.77. The van der Waals surface area contributed by atoms with Gasteiger partial charge in [0.1, 0.15) is 5.75 Å². The van der Waals surface area contributed by atoms with Crippen LogP contribution in [0.5, 0.6) is 5.75 Å². The van der Waals surface area contributed by atoms with E-state index in [0.717, 1.165) is 22.3 Å². The molecule has 0 aliphatic rings. The Morgan fingerprint density at radius 3 is 2.43 bits per heavy atom. The van der Waals surface area contributed by atoms with Crippen LogP contribution in [0.1, 0.15) is 22.3 Å². The summed E-state index contributed by atoms with van der Waals surface area (Å²) in [6.07, 6.45) is 0.500. The van der Waals surface area contributed by atoms with Crippen LogP contribution in [0.15, 0.2) is 42.5 Å². The van der Waals surface area contributed by atoms with Crippen LogP contribution >= 0.6 is 0 Å². The van der Waals surface area contributed by atoms with E-state index in [1.54, 1.807) is 7.11 Å². The first kappa shape index (κ1) is 17.5. The van der Waals surface area contributed by atoms with Crippen LogP contribution in [0.2, 0.25) is 0 Å². The lowest BCUT2D eigenvalue weighted by Gasteiger charge is -2.14. The summed E-state index contributed by atoms with van der Waals surface area (Å²) in [6, 6.07) is 13.6. The summed E-state index contributed by atoms with van der Waals surface area (Å²) in [5.74, 6) is 0.790. The number of ether oxygens (including phenoxy) is 1. The summed E-state index contributed by atoms with van der Waals surface area (Å²) in [5, 5.41) is 0. The fraction of sp³-hybridized carbons (Fsp3) is 0.333. The maximum Gasteiger partial charge on any atom is 0.212 e. The van der Waals surface area contributed by atoms with Crippen molar-refractivity contribution in [3.05, 3.63) is 64.7 Å². The van der Waals surface area contributed by atoms with Gasteiger partial charge >= 0.3 is 0 Å². The number of hydrogen-bond donors (Lipinski definition) is 1. The highest BCUT2D eigenvalue weighted by Crippen LogP contribution is 2.24. The standard InChI is InChI=1S/C18H23NO3S/c1-14-11-15(2)17(18(12-14)22-3)13-19-23(20,21)10-9-16-7-5-4-6-8-16/h4-8,11-12,19H,9-10,13H2,1-3H3. The average molecular weight is 333 g/mol. The molecule has 0 aliphatic carbocycles. The average Bonchev–Trinajstić information content (AvgIpc) is 2.52. The predicted octanol–water partition coefficient (Wildman–Crippen LogP) is 2.97. The molecule has 0 amide bonds. The summed E-state index contributed by atoms with van der Waals surface area (Å²) in [5.41, 5.74) is 4.01. The first-order chi connectivity index (χ1) is 10.9. The van der Waals surface area contributed by atoms with Crippen LogP contribution in [0.3, 0.4) is 0 Å². The van der Waals surface area contributed by atoms with E-state index in [9.17, 15) is 8.42 Å². The van der Waals surface area contributed by atoms with Gasteiger partial charge in [-0.15, -0.1) is 0 Å². The van der Waals surface area contributed by atoms with E-state index in [-0.39, 0.29) is 12.3 Å². The van der Waals surface area contributed by atoms with E-state index in [1.165, 1.54) is 0 Å². The Bertz CT molecular complexity index is 755. The van der Waals surface area contributed by atoms with Gasteiger partial charge in [0, 0.05) is 12.1 Å². The van der Waals surface area contributed by atoms with Crippen molar-refractivity contribution in [2.75, 3.05) is 12.9 Å². The molecule has 0 spiro atoms. The van der Waals surface area contributed by atoms with Gasteiger partial charge in [0.2, 0.25) is 10.0 Å². The number of methoxy groups -OCH3 is 1. The maximum atomic E-state index is 12.2. The van der Waals surface area contributed by atoms with Crippen LogP contribution < -0.4 is 9.46 Å². The molecule has 2 rings (SSSR count). The molecule has 0 bridgehead atoms. The van der Waals surface area contributed by atoms with Gasteiger partial charge in [0.15, 0.2) is 0 Å². The zero-order valence-electron chi connectivity index (χ0n) is 13.8. The molecule has 0 unspecified atom stereocenters. The Morgan fingerprint density at radius 1 is 1.09 bits per heavy atom. The molecule has 0 saturated heterocycles. The lowest BCUT2D eigenvalue weighted by Crippen LogP contribution is -2.27. The Labute approximate surface area is 138 Å². The second-order valence-electron chi connectivity index (χ2n) is 5.64. The molecule has 0 saturated carbocycles. The van der Waals surface area contributed by atoms with Crippen molar-refractivity contribution >= 4 is 10.0 Å². The molecule has 0 radical (unpaired) electrons. The first-order valence-corrected chi connectivity index (χ1v) is 9.22. The Hall–Kier alpha value is -1.85. The van der Waals surface area contributed by atoms with Crippen molar-refractivity contribution in [2.24, 2.45) is 0 Å². The molecule has 124 valence electrons. The smallest absolute Gasteiger partial charge is 0.212 e. The summed E-state index contributed by atoms with van der Waals surface area (Å²) in [4.78, 5) is 0. The zero-order valence-corrected chi connectivity index (χ0v) is 14.6. The fourth-order valence-electron chi connectivity index (χ4n) is 2.52. The molecule has 0 atom stereocenters. The summed E-state index contributed by atoms with van der Waals surface area (Å²) in [7, 11) is -1.74. The van der Waals surface area contributed by atoms with Crippen molar-refractivity contribution in [1.82, 2.24) is 4.72 Å². The molecule has 4 nitrogen and oxygen atoms in total. The van der Waals surface area contributed by atoms with E-state index in [0.29, 0.717) is 12.2 Å². The Kier molecular flexibility index (Phi) is 5.80. The van der Waals surface area contributed by atoms with Crippen molar-refractivity contribution < 1.29 is 13.2 Å². The second-order valence-corrected chi connectivity index (χ2v) is 7.56. The normalized spacial score (nSPS) is 11.4. The molecule has 1 N–H and O–H groups in total. The lowest BCUT2D eigenvalue weighted by molar-refractivity contribution is 0.408. The zero-order chi connectivity index (χ0) is 16.9. The maximum absolute atomic E-state index is 12.2. The number of aryl methyl sites for hydroxylation is 3. The van der Waals surface area contributed by atoms with Gasteiger partial charge in [-0.1, -0.05) is 36.4 Å². The third-order valence-corrected chi connectivity index (χ3v) is 5.09. The highest BCUT2D eigenvalue weighted by atomic mass is 32.2. The molecule has 0 heterocycles. The van der Waals surface area contributed by atoms with E-state index in [1.807, 2.05) is 56.3 Å². The Morgan fingerprint density at radius 2 is 1.78 bits per heavy atom. The van der Waals surface area contributed by atoms with Gasteiger partial charge in [-0.05, 0) is 43.0 Å². The summed E-state index contributed by atoms with van der Waals surface area (Å²) >= 11 is 0. The number of nitrogens with one attached hydrogen (secondary N) is 1. The molecule has 2 aromatic carbocycles. The van der Waals surface area contributed by atoms with Crippen LogP contribution in [0, 0.1) is 13.8 Å². The monoisotopic (exact) mass is 333 g/mol. The van der Waals surface area contributed by atoms with Crippen LogP contribution in [-0.4, -0.2) is 21.3 Å². The number of hydrogen-bond acceptors (Lipinski definition) is 3. The van der Waals surface area contributed by atoms with Crippen LogP contribution in [0.4, 0.5) is 0 Å². The van der Waals surface area contributed by atoms with Gasteiger partial charge in [0.05, 0.1) is 12.9 Å². The molecular formula is C18H23NO3S. The van der Waals surface area contributed by atoms with Gasteiger partial charge in [-0.25, -0.2) is 13.1 Å². The second kappa shape index (κ2) is 7.62. The fourth-order valence-corrected chi connectivity index (χ4v) is 3.53. The first-order valence-electron chi connectivity index (χ1n) is 7.56. The van der Waals surface area contributed by atoms with Crippen molar-refractivity contribution in [1.29, 1.82) is 0 Å². The molecule has 2 aromatic rings. The van der Waals surface area contributed by atoms with E-state index in [2.05, 4.69) is 4.72 Å². The molecule has 0 fully saturated rings. The van der Waals surface area contributed by atoms with Crippen molar-refractivity contribution in [3.8, 4) is 5.75 Å². The van der Waals surface area contributed by atoms with Crippen LogP contribution in [-0.2, 0) is 23.0 Å². The van der Waals surface area contributed by atoms with Crippen molar-refractivity contribution in [2.45, 2.75) is 26.8 Å². The third kappa shape index (κ3) is 5.08. The molecular weight excluding hydrogens is 310 g/mol. The van der Waals surface area contributed by atoms with E-state index >= 15 is 0 Å². The predicted molar refractivity (Wildman–Crippen MR) is 93.2 cm³/mol. The quantitative estimate of drug-likeness (QED) is 0.847. The van der Waals surface area contributed by atoms with E-state index in [4.69, 9.17) is 4.74 Å². The topological polar surface area (TPSA) is 55.4 Å². The van der Waals surface area contributed by atoms with E-state index < -0.39 is 10.0 Å².